The first-order valence-electron chi connectivity index (χ1n) is 6.17. The summed E-state index contributed by atoms with van der Waals surface area (Å²) in [5.41, 5.74) is 6.75. The van der Waals surface area contributed by atoms with Crippen molar-refractivity contribution in [1.82, 2.24) is 19.9 Å². The van der Waals surface area contributed by atoms with Gasteiger partial charge in [0.2, 0.25) is 11.9 Å². The molecule has 20 heavy (non-hydrogen) atoms. The van der Waals surface area contributed by atoms with E-state index in [9.17, 15) is 5.11 Å². The van der Waals surface area contributed by atoms with Crippen molar-refractivity contribution >= 4 is 34.6 Å². The summed E-state index contributed by atoms with van der Waals surface area (Å²) >= 11 is 0. The fourth-order valence-corrected chi connectivity index (χ4v) is 1.70. The number of hydrogen-bond acceptors (Lipinski definition) is 9. The van der Waals surface area contributed by atoms with E-state index in [0.717, 1.165) is 0 Å². The molecule has 0 unspecified atom stereocenters. The maximum Gasteiger partial charge on any atom is 0.225 e. The highest BCUT2D eigenvalue weighted by Gasteiger charge is 2.13. The summed E-state index contributed by atoms with van der Waals surface area (Å²) in [6.45, 7) is 2.02. The molecule has 0 aliphatic carbocycles. The topological polar surface area (TPSA) is 134 Å². The first kappa shape index (κ1) is 14.0. The predicted octanol–water partition coefficient (Wildman–Crippen LogP) is -0.122. The van der Waals surface area contributed by atoms with Crippen LogP contribution in [0, 0.1) is 0 Å². The minimum Gasteiger partial charge on any atom is -0.392 e. The molecule has 0 aromatic carbocycles. The Morgan fingerprint density at radius 3 is 2.25 bits per heavy atom. The summed E-state index contributed by atoms with van der Waals surface area (Å²) in [4.78, 5) is 16.9. The van der Waals surface area contributed by atoms with E-state index in [1.54, 1.807) is 21.0 Å². The Labute approximate surface area is 116 Å². The SMILES string of the molecule is CNc1nc(NC[C@H](C)O)nc2c(NC)nc(N)nc12. The maximum atomic E-state index is 9.30. The van der Waals surface area contributed by atoms with Gasteiger partial charge in [0.15, 0.2) is 11.6 Å². The Morgan fingerprint density at radius 2 is 1.65 bits per heavy atom. The summed E-state index contributed by atoms with van der Waals surface area (Å²) in [7, 11) is 3.46. The molecule has 0 aliphatic heterocycles. The summed E-state index contributed by atoms with van der Waals surface area (Å²) in [5, 5.41) is 18.1. The van der Waals surface area contributed by atoms with Crippen LogP contribution in [-0.2, 0) is 0 Å². The van der Waals surface area contributed by atoms with Crippen LogP contribution in [0.15, 0.2) is 0 Å². The van der Waals surface area contributed by atoms with Gasteiger partial charge in [0.1, 0.15) is 11.0 Å². The molecule has 6 N–H and O–H groups in total. The monoisotopic (exact) mass is 278 g/mol. The second-order valence-corrected chi connectivity index (χ2v) is 4.25. The molecule has 108 valence electrons. The Hall–Kier alpha value is -2.42. The van der Waals surface area contributed by atoms with Crippen LogP contribution in [0.4, 0.5) is 23.5 Å². The highest BCUT2D eigenvalue weighted by molar-refractivity contribution is 5.94. The number of rotatable bonds is 5. The van der Waals surface area contributed by atoms with Gasteiger partial charge in [-0.2, -0.15) is 9.97 Å². The van der Waals surface area contributed by atoms with Gasteiger partial charge in [-0.15, -0.1) is 0 Å². The van der Waals surface area contributed by atoms with Gasteiger partial charge in [0.25, 0.3) is 0 Å². The number of fused-ring (bicyclic) bond motifs is 1. The molecular weight excluding hydrogens is 260 g/mol. The van der Waals surface area contributed by atoms with Gasteiger partial charge in [-0.1, -0.05) is 0 Å². The van der Waals surface area contributed by atoms with Gasteiger partial charge in [-0.25, -0.2) is 9.97 Å². The van der Waals surface area contributed by atoms with E-state index in [-0.39, 0.29) is 5.95 Å². The zero-order chi connectivity index (χ0) is 14.7. The normalized spacial score (nSPS) is 12.2. The summed E-state index contributed by atoms with van der Waals surface area (Å²) in [5.74, 6) is 1.58. The lowest BCUT2D eigenvalue weighted by Crippen LogP contribution is -2.17. The fourth-order valence-electron chi connectivity index (χ4n) is 1.70. The molecule has 2 aromatic rings. The zero-order valence-corrected chi connectivity index (χ0v) is 11.6. The van der Waals surface area contributed by atoms with Crippen LogP contribution in [0.25, 0.3) is 11.0 Å². The molecule has 9 nitrogen and oxygen atoms in total. The van der Waals surface area contributed by atoms with Gasteiger partial charge >= 0.3 is 0 Å². The Morgan fingerprint density at radius 1 is 1.05 bits per heavy atom. The number of anilines is 4. The van der Waals surface area contributed by atoms with Crippen molar-refractivity contribution in [3.8, 4) is 0 Å². The number of aliphatic hydroxyl groups excluding tert-OH is 1. The molecule has 0 amide bonds. The van der Waals surface area contributed by atoms with Crippen LogP contribution >= 0.6 is 0 Å². The number of aromatic nitrogens is 4. The molecule has 9 heteroatoms. The smallest absolute Gasteiger partial charge is 0.225 e. The van der Waals surface area contributed by atoms with Crippen molar-refractivity contribution in [3.05, 3.63) is 0 Å². The second kappa shape index (κ2) is 5.70. The molecule has 0 fully saturated rings. The third kappa shape index (κ3) is 2.77. The molecule has 0 saturated heterocycles. The lowest BCUT2D eigenvalue weighted by molar-refractivity contribution is 0.208. The minimum atomic E-state index is -0.501. The average molecular weight is 278 g/mol. The quantitative estimate of drug-likeness (QED) is 0.507. The first-order valence-corrected chi connectivity index (χ1v) is 6.17. The van der Waals surface area contributed by atoms with Crippen LogP contribution in [0.5, 0.6) is 0 Å². The van der Waals surface area contributed by atoms with Crippen molar-refractivity contribution in [1.29, 1.82) is 0 Å². The highest BCUT2D eigenvalue weighted by atomic mass is 16.3. The van der Waals surface area contributed by atoms with E-state index >= 15 is 0 Å². The number of aliphatic hydroxyl groups is 1. The van der Waals surface area contributed by atoms with E-state index in [2.05, 4.69) is 35.9 Å². The molecule has 0 aliphatic rings. The van der Waals surface area contributed by atoms with Crippen LogP contribution in [0.2, 0.25) is 0 Å². The third-order valence-electron chi connectivity index (χ3n) is 2.59. The minimum absolute atomic E-state index is 0.145. The van der Waals surface area contributed by atoms with Crippen molar-refractivity contribution in [2.75, 3.05) is 42.3 Å². The lowest BCUT2D eigenvalue weighted by Gasteiger charge is -2.12. The fraction of sp³-hybridized carbons (Fsp3) is 0.455. The largest absolute Gasteiger partial charge is 0.392 e. The van der Waals surface area contributed by atoms with Crippen LogP contribution in [-0.4, -0.2) is 51.8 Å². The summed E-state index contributed by atoms with van der Waals surface area (Å²) < 4.78 is 0. The van der Waals surface area contributed by atoms with E-state index < -0.39 is 6.10 Å². The molecule has 1 atom stereocenters. The van der Waals surface area contributed by atoms with Crippen LogP contribution in [0.3, 0.4) is 0 Å². The van der Waals surface area contributed by atoms with E-state index in [0.29, 0.717) is 35.2 Å². The van der Waals surface area contributed by atoms with Gasteiger partial charge in [-0.3, -0.25) is 0 Å². The number of nitrogens with one attached hydrogen (secondary N) is 3. The number of nitrogens with zero attached hydrogens (tertiary/aromatic N) is 4. The maximum absolute atomic E-state index is 9.30. The molecule has 2 heterocycles. The number of hydrogen-bond donors (Lipinski definition) is 5. The standard InChI is InChI=1S/C11H18N8O/c1-5(20)4-15-11-17-7-6(9(14-3)19-11)16-10(12)18-8(7)13-2/h5,20H,4H2,1-3H3,(H3,12,13,16,18)(H2,14,15,17,19)/t5-/m0/s1. The molecule has 0 saturated carbocycles. The van der Waals surface area contributed by atoms with Gasteiger partial charge in [0.05, 0.1) is 6.10 Å². The Bertz CT molecular complexity index is 615. The van der Waals surface area contributed by atoms with E-state index in [1.807, 2.05) is 0 Å². The van der Waals surface area contributed by atoms with Crippen LogP contribution < -0.4 is 21.7 Å². The molecule has 0 spiro atoms. The van der Waals surface area contributed by atoms with Crippen molar-refractivity contribution in [2.45, 2.75) is 13.0 Å². The Kier molecular flexibility index (Phi) is 3.99. The van der Waals surface area contributed by atoms with Gasteiger partial charge in [0, 0.05) is 20.6 Å². The molecule has 2 rings (SSSR count). The zero-order valence-electron chi connectivity index (χ0n) is 11.6. The van der Waals surface area contributed by atoms with Crippen molar-refractivity contribution in [3.63, 3.8) is 0 Å². The molecule has 0 radical (unpaired) electrons. The molecule has 2 aromatic heterocycles. The summed E-state index contributed by atoms with van der Waals surface area (Å²) in [6, 6.07) is 0. The van der Waals surface area contributed by atoms with Crippen LogP contribution in [0.1, 0.15) is 6.92 Å². The average Bonchev–Trinajstić information content (AvgIpc) is 2.43. The Balaban J connectivity index is 2.56. The van der Waals surface area contributed by atoms with Crippen molar-refractivity contribution in [2.24, 2.45) is 0 Å². The number of nitrogen functional groups attached to an aromatic ring is 1. The van der Waals surface area contributed by atoms with Crippen molar-refractivity contribution < 1.29 is 5.11 Å². The highest BCUT2D eigenvalue weighted by Crippen LogP contribution is 2.25. The summed E-state index contributed by atoms with van der Waals surface area (Å²) in [6.07, 6.45) is -0.501. The van der Waals surface area contributed by atoms with E-state index in [1.165, 1.54) is 0 Å². The predicted molar refractivity (Wildman–Crippen MR) is 78.8 cm³/mol. The molecule has 0 bridgehead atoms. The first-order chi connectivity index (χ1) is 9.55. The van der Waals surface area contributed by atoms with Gasteiger partial charge in [-0.05, 0) is 6.92 Å². The van der Waals surface area contributed by atoms with E-state index in [4.69, 9.17) is 5.73 Å². The third-order valence-corrected chi connectivity index (χ3v) is 2.59. The number of nitrogens with two attached hydrogens (primary N) is 1. The second-order valence-electron chi connectivity index (χ2n) is 4.25. The lowest BCUT2D eigenvalue weighted by atomic mass is 10.3. The molecular formula is C11H18N8O. The van der Waals surface area contributed by atoms with Gasteiger partial charge < -0.3 is 26.8 Å².